The summed E-state index contributed by atoms with van der Waals surface area (Å²) in [4.78, 5) is 14.3. The van der Waals surface area contributed by atoms with Crippen LogP contribution in [0, 0.1) is 0 Å². The van der Waals surface area contributed by atoms with Gasteiger partial charge in [0.1, 0.15) is 12.6 Å². The zero-order valence-electron chi connectivity index (χ0n) is 13.0. The van der Waals surface area contributed by atoms with E-state index in [0.717, 1.165) is 11.1 Å². The highest BCUT2D eigenvalue weighted by Gasteiger charge is 2.43. The normalized spacial score (nSPS) is 20.7. The molecule has 2 atom stereocenters. The summed E-state index contributed by atoms with van der Waals surface area (Å²) in [6, 6.07) is 19.4. The molecule has 0 aliphatic carbocycles. The summed E-state index contributed by atoms with van der Waals surface area (Å²) >= 11 is 0. The molecule has 1 saturated heterocycles. The van der Waals surface area contributed by atoms with Crippen molar-refractivity contribution in [1.82, 2.24) is 4.90 Å². The van der Waals surface area contributed by atoms with Crippen molar-refractivity contribution in [2.45, 2.75) is 31.7 Å². The molecule has 1 aliphatic heterocycles. The van der Waals surface area contributed by atoms with E-state index in [0.29, 0.717) is 19.6 Å². The fourth-order valence-electron chi connectivity index (χ4n) is 2.91. The Balaban J connectivity index is 1.58. The minimum atomic E-state index is -0.268. The number of carbonyl (C=O) groups excluding carboxylic acids is 1. The number of hydrogen-bond acceptors (Lipinski definition) is 4. The molecule has 1 fully saturated rings. The summed E-state index contributed by atoms with van der Waals surface area (Å²) < 4.78 is 5.43. The van der Waals surface area contributed by atoms with Gasteiger partial charge < -0.3 is 9.84 Å². The molecule has 120 valence electrons. The van der Waals surface area contributed by atoms with Gasteiger partial charge in [-0.05, 0) is 17.5 Å². The molecule has 0 spiro atoms. The van der Waals surface area contributed by atoms with E-state index in [1.807, 2.05) is 65.6 Å². The van der Waals surface area contributed by atoms with Gasteiger partial charge in [0.05, 0.1) is 6.61 Å². The first-order valence-corrected chi connectivity index (χ1v) is 7.89. The van der Waals surface area contributed by atoms with Gasteiger partial charge in [-0.1, -0.05) is 60.7 Å². The maximum absolute atomic E-state index is 12.3. The fourth-order valence-corrected chi connectivity index (χ4v) is 2.91. The topological polar surface area (TPSA) is 49.8 Å². The Morgan fingerprint density at radius 1 is 1.04 bits per heavy atom. The number of hydrogen-bond donors (Lipinski definition) is 1. The lowest BCUT2D eigenvalue weighted by Gasteiger charge is -2.46. The number of rotatable bonds is 6. The van der Waals surface area contributed by atoms with Gasteiger partial charge in [0.25, 0.3) is 0 Å². The van der Waals surface area contributed by atoms with Gasteiger partial charge in [-0.25, -0.2) is 0 Å². The van der Waals surface area contributed by atoms with Crippen molar-refractivity contribution in [3.05, 3.63) is 71.8 Å². The Kier molecular flexibility index (Phi) is 5.05. The summed E-state index contributed by atoms with van der Waals surface area (Å²) in [5, 5.41) is 9.45. The third-order valence-corrected chi connectivity index (χ3v) is 4.28. The standard InChI is InChI=1S/C19H21NO3/c21-13-17-11-18(20(17)12-15-7-3-1-4-8-15)19(22)23-14-16-9-5-2-6-10-16/h1-10,17-18,21H,11-14H2. The Hall–Kier alpha value is -2.17. The van der Waals surface area contributed by atoms with Crippen LogP contribution >= 0.6 is 0 Å². The van der Waals surface area contributed by atoms with E-state index >= 15 is 0 Å². The molecule has 4 heteroatoms. The highest BCUT2D eigenvalue weighted by molar-refractivity contribution is 5.77. The van der Waals surface area contributed by atoms with Crippen LogP contribution in [0.25, 0.3) is 0 Å². The molecular formula is C19H21NO3. The summed E-state index contributed by atoms with van der Waals surface area (Å²) in [7, 11) is 0. The van der Waals surface area contributed by atoms with Crippen LogP contribution in [0.4, 0.5) is 0 Å². The predicted octanol–water partition coefficient (Wildman–Crippen LogP) is 2.37. The summed E-state index contributed by atoms with van der Waals surface area (Å²) in [6.07, 6.45) is 0.650. The third kappa shape index (κ3) is 3.78. The van der Waals surface area contributed by atoms with E-state index in [1.165, 1.54) is 0 Å². The van der Waals surface area contributed by atoms with Gasteiger partial charge in [-0.15, -0.1) is 0 Å². The quantitative estimate of drug-likeness (QED) is 0.832. The van der Waals surface area contributed by atoms with E-state index in [-0.39, 0.29) is 24.7 Å². The summed E-state index contributed by atoms with van der Waals surface area (Å²) in [5.41, 5.74) is 2.11. The molecule has 0 bridgehead atoms. The summed E-state index contributed by atoms with van der Waals surface area (Å²) in [6.45, 7) is 1.01. The van der Waals surface area contributed by atoms with Crippen molar-refractivity contribution in [2.75, 3.05) is 6.61 Å². The number of nitrogens with zero attached hydrogens (tertiary/aromatic N) is 1. The van der Waals surface area contributed by atoms with E-state index in [1.54, 1.807) is 0 Å². The van der Waals surface area contributed by atoms with Gasteiger partial charge in [-0.2, -0.15) is 0 Å². The van der Waals surface area contributed by atoms with Crippen molar-refractivity contribution >= 4 is 5.97 Å². The molecule has 3 rings (SSSR count). The first kappa shape index (κ1) is 15.7. The molecule has 23 heavy (non-hydrogen) atoms. The van der Waals surface area contributed by atoms with Crippen LogP contribution in [-0.4, -0.2) is 34.7 Å². The van der Waals surface area contributed by atoms with E-state index in [4.69, 9.17) is 4.74 Å². The average Bonchev–Trinajstić information content (AvgIpc) is 2.59. The molecule has 1 N–H and O–H groups in total. The Morgan fingerprint density at radius 3 is 2.26 bits per heavy atom. The molecule has 0 radical (unpaired) electrons. The lowest BCUT2D eigenvalue weighted by molar-refractivity contribution is -0.162. The van der Waals surface area contributed by atoms with Crippen LogP contribution in [0.3, 0.4) is 0 Å². The van der Waals surface area contributed by atoms with E-state index in [9.17, 15) is 9.90 Å². The van der Waals surface area contributed by atoms with E-state index in [2.05, 4.69) is 0 Å². The number of ether oxygens (including phenoxy) is 1. The molecule has 1 aliphatic rings. The highest BCUT2D eigenvalue weighted by atomic mass is 16.5. The highest BCUT2D eigenvalue weighted by Crippen LogP contribution is 2.29. The number of aliphatic hydroxyl groups is 1. The van der Waals surface area contributed by atoms with Gasteiger partial charge in [0.15, 0.2) is 0 Å². The summed E-state index contributed by atoms with van der Waals surface area (Å²) in [5.74, 6) is -0.213. The zero-order chi connectivity index (χ0) is 16.1. The largest absolute Gasteiger partial charge is 0.460 e. The maximum atomic E-state index is 12.3. The Labute approximate surface area is 136 Å². The van der Waals surface area contributed by atoms with Crippen molar-refractivity contribution in [2.24, 2.45) is 0 Å². The second-order valence-corrected chi connectivity index (χ2v) is 5.84. The molecule has 0 amide bonds. The van der Waals surface area contributed by atoms with Crippen molar-refractivity contribution in [1.29, 1.82) is 0 Å². The lowest BCUT2D eigenvalue weighted by atomic mass is 9.92. The minimum Gasteiger partial charge on any atom is -0.460 e. The number of carbonyl (C=O) groups is 1. The average molecular weight is 311 g/mol. The van der Waals surface area contributed by atoms with Crippen molar-refractivity contribution < 1.29 is 14.6 Å². The molecule has 0 saturated carbocycles. The SMILES string of the molecule is O=C(OCc1ccccc1)C1CC(CO)N1Cc1ccccc1. The number of benzene rings is 2. The van der Waals surface area contributed by atoms with Crippen LogP contribution in [-0.2, 0) is 22.7 Å². The first-order valence-electron chi connectivity index (χ1n) is 7.89. The zero-order valence-corrected chi connectivity index (χ0v) is 13.0. The second kappa shape index (κ2) is 7.40. The van der Waals surface area contributed by atoms with Gasteiger partial charge in [0.2, 0.25) is 0 Å². The second-order valence-electron chi connectivity index (χ2n) is 5.84. The molecular weight excluding hydrogens is 290 g/mol. The monoisotopic (exact) mass is 311 g/mol. The lowest BCUT2D eigenvalue weighted by Crippen LogP contribution is -2.60. The van der Waals surface area contributed by atoms with Gasteiger partial charge in [0, 0.05) is 12.6 Å². The smallest absolute Gasteiger partial charge is 0.323 e. The van der Waals surface area contributed by atoms with Gasteiger partial charge >= 0.3 is 5.97 Å². The first-order chi connectivity index (χ1) is 11.3. The maximum Gasteiger partial charge on any atom is 0.323 e. The number of likely N-dealkylation sites (tertiary alicyclic amines) is 1. The molecule has 2 unspecified atom stereocenters. The molecule has 1 heterocycles. The third-order valence-electron chi connectivity index (χ3n) is 4.28. The Morgan fingerprint density at radius 2 is 1.65 bits per heavy atom. The van der Waals surface area contributed by atoms with Crippen LogP contribution in [0.5, 0.6) is 0 Å². The Bertz CT molecular complexity index is 630. The van der Waals surface area contributed by atoms with Crippen LogP contribution < -0.4 is 0 Å². The molecule has 4 nitrogen and oxygen atoms in total. The molecule has 0 aromatic heterocycles. The molecule has 2 aromatic rings. The van der Waals surface area contributed by atoms with Crippen molar-refractivity contribution in [3.8, 4) is 0 Å². The minimum absolute atomic E-state index is 0.0319. The molecule has 2 aromatic carbocycles. The van der Waals surface area contributed by atoms with Crippen LogP contribution in [0.15, 0.2) is 60.7 Å². The fraction of sp³-hybridized carbons (Fsp3) is 0.316. The van der Waals surface area contributed by atoms with Crippen LogP contribution in [0.2, 0.25) is 0 Å². The number of aliphatic hydroxyl groups excluding tert-OH is 1. The van der Waals surface area contributed by atoms with Crippen LogP contribution in [0.1, 0.15) is 17.5 Å². The predicted molar refractivity (Wildman–Crippen MR) is 87.5 cm³/mol. The number of esters is 1. The van der Waals surface area contributed by atoms with Gasteiger partial charge in [-0.3, -0.25) is 9.69 Å². The van der Waals surface area contributed by atoms with Crippen molar-refractivity contribution in [3.63, 3.8) is 0 Å². The van der Waals surface area contributed by atoms with E-state index < -0.39 is 0 Å².